The monoisotopic (exact) mass is 162 g/mol. The molecule has 0 radical (unpaired) electrons. The van der Waals surface area contributed by atoms with E-state index in [4.69, 9.17) is 10.2 Å². The molecule has 3 heteroatoms. The molecule has 0 bridgehead atoms. The molecule has 0 aromatic carbocycles. The maximum absolute atomic E-state index is 8.69. The summed E-state index contributed by atoms with van der Waals surface area (Å²) >= 11 is 1.79. The fourth-order valence-corrected chi connectivity index (χ4v) is 2.27. The summed E-state index contributed by atoms with van der Waals surface area (Å²) in [4.78, 5) is 0. The number of aliphatic hydroxyl groups excluding tert-OH is 2. The van der Waals surface area contributed by atoms with Crippen LogP contribution in [0.1, 0.15) is 13.3 Å². The zero-order valence-corrected chi connectivity index (χ0v) is 6.97. The largest absolute Gasteiger partial charge is 0.396 e. The van der Waals surface area contributed by atoms with Gasteiger partial charge in [-0.25, -0.2) is 0 Å². The summed E-state index contributed by atoms with van der Waals surface area (Å²) in [5.74, 6) is 0.513. The molecule has 0 saturated heterocycles. The molecule has 10 heavy (non-hydrogen) atoms. The molecule has 1 saturated carbocycles. The third-order valence-corrected chi connectivity index (χ3v) is 3.30. The minimum atomic E-state index is 0.249. The van der Waals surface area contributed by atoms with Crippen LogP contribution in [0.5, 0.6) is 0 Å². The minimum absolute atomic E-state index is 0.249. The van der Waals surface area contributed by atoms with Gasteiger partial charge in [0.15, 0.2) is 0 Å². The molecule has 1 aliphatic carbocycles. The predicted molar refractivity (Wildman–Crippen MR) is 43.1 cm³/mol. The van der Waals surface area contributed by atoms with Crippen LogP contribution in [0.4, 0.5) is 0 Å². The van der Waals surface area contributed by atoms with Crippen LogP contribution in [-0.2, 0) is 0 Å². The average molecular weight is 162 g/mol. The summed E-state index contributed by atoms with van der Waals surface area (Å²) in [5.41, 5.74) is 0. The number of hydrogen-bond donors (Lipinski definition) is 2. The first-order valence-electron chi connectivity index (χ1n) is 3.65. The predicted octanol–water partition coefficient (Wildman–Crippen LogP) is 0.481. The van der Waals surface area contributed by atoms with E-state index in [-0.39, 0.29) is 6.61 Å². The Balaban J connectivity index is 2.05. The van der Waals surface area contributed by atoms with Crippen LogP contribution in [0.3, 0.4) is 0 Å². The summed E-state index contributed by atoms with van der Waals surface area (Å²) in [7, 11) is 0. The van der Waals surface area contributed by atoms with Crippen molar-refractivity contribution in [2.45, 2.75) is 23.8 Å². The molecule has 0 aliphatic heterocycles. The Morgan fingerprint density at radius 2 is 2.30 bits per heavy atom. The van der Waals surface area contributed by atoms with E-state index in [1.54, 1.807) is 11.8 Å². The highest BCUT2D eigenvalue weighted by Crippen LogP contribution is 2.42. The third-order valence-electron chi connectivity index (χ3n) is 1.76. The van der Waals surface area contributed by atoms with Crippen molar-refractivity contribution in [1.29, 1.82) is 0 Å². The molecule has 2 N–H and O–H groups in total. The van der Waals surface area contributed by atoms with Crippen LogP contribution < -0.4 is 0 Å². The molecule has 3 atom stereocenters. The van der Waals surface area contributed by atoms with Crippen LogP contribution in [0, 0.1) is 5.92 Å². The summed E-state index contributed by atoms with van der Waals surface area (Å²) in [5, 5.41) is 18.3. The lowest BCUT2D eigenvalue weighted by atomic mass is 10.5. The van der Waals surface area contributed by atoms with E-state index in [2.05, 4.69) is 0 Å². The highest BCUT2D eigenvalue weighted by Gasteiger charge is 2.37. The smallest absolute Gasteiger partial charge is 0.0547 e. The van der Waals surface area contributed by atoms with E-state index in [0.29, 0.717) is 23.0 Å². The van der Waals surface area contributed by atoms with Crippen molar-refractivity contribution in [1.82, 2.24) is 0 Å². The Kier molecular flexibility index (Phi) is 3.01. The fourth-order valence-electron chi connectivity index (χ4n) is 0.920. The van der Waals surface area contributed by atoms with E-state index >= 15 is 0 Å². The van der Waals surface area contributed by atoms with Gasteiger partial charge in [-0.05, 0) is 12.3 Å². The van der Waals surface area contributed by atoms with Crippen LogP contribution in [0.25, 0.3) is 0 Å². The highest BCUT2D eigenvalue weighted by molar-refractivity contribution is 8.00. The molecule has 0 aromatic rings. The van der Waals surface area contributed by atoms with Gasteiger partial charge in [-0.2, -0.15) is 11.8 Å². The number of aliphatic hydroxyl groups is 2. The van der Waals surface area contributed by atoms with Gasteiger partial charge in [-0.1, -0.05) is 6.92 Å². The standard InChI is InChI=1S/C7H14O2S/c1-5(3-8)10-7-2-6(7)4-9/h5-9H,2-4H2,1H3. The topological polar surface area (TPSA) is 40.5 Å². The van der Waals surface area contributed by atoms with Gasteiger partial charge >= 0.3 is 0 Å². The van der Waals surface area contributed by atoms with Crippen LogP contribution in [0.15, 0.2) is 0 Å². The fraction of sp³-hybridized carbons (Fsp3) is 1.00. The third kappa shape index (κ3) is 2.15. The maximum Gasteiger partial charge on any atom is 0.0547 e. The molecule has 2 nitrogen and oxygen atoms in total. The van der Waals surface area contributed by atoms with Crippen LogP contribution in [0.2, 0.25) is 0 Å². The highest BCUT2D eigenvalue weighted by atomic mass is 32.2. The second kappa shape index (κ2) is 3.60. The second-order valence-electron chi connectivity index (χ2n) is 2.85. The van der Waals surface area contributed by atoms with Gasteiger partial charge in [0.05, 0.1) is 6.61 Å². The second-order valence-corrected chi connectivity index (χ2v) is 4.53. The molecule has 1 fully saturated rings. The lowest BCUT2D eigenvalue weighted by molar-refractivity contribution is 0.277. The van der Waals surface area contributed by atoms with E-state index in [0.717, 1.165) is 6.42 Å². The Labute approximate surface area is 65.6 Å². The summed E-state index contributed by atoms with van der Waals surface area (Å²) in [6.45, 7) is 2.58. The lowest BCUT2D eigenvalue weighted by Crippen LogP contribution is -2.04. The quantitative estimate of drug-likeness (QED) is 0.631. The van der Waals surface area contributed by atoms with Gasteiger partial charge in [-0.3, -0.25) is 0 Å². The van der Waals surface area contributed by atoms with Crippen molar-refractivity contribution in [2.24, 2.45) is 5.92 Å². The summed E-state index contributed by atoms with van der Waals surface area (Å²) in [6, 6.07) is 0. The first-order chi connectivity index (χ1) is 4.77. The van der Waals surface area contributed by atoms with Crippen molar-refractivity contribution < 1.29 is 10.2 Å². The Morgan fingerprint density at radius 1 is 1.60 bits per heavy atom. The van der Waals surface area contributed by atoms with Crippen molar-refractivity contribution in [3.05, 3.63) is 0 Å². The Bertz CT molecular complexity index is 108. The Morgan fingerprint density at radius 3 is 2.70 bits per heavy atom. The molecule has 1 rings (SSSR count). The molecule has 3 unspecified atom stereocenters. The van der Waals surface area contributed by atoms with Crippen molar-refractivity contribution in [3.63, 3.8) is 0 Å². The zero-order chi connectivity index (χ0) is 7.56. The molecular weight excluding hydrogens is 148 g/mol. The van der Waals surface area contributed by atoms with Gasteiger partial charge < -0.3 is 10.2 Å². The van der Waals surface area contributed by atoms with Gasteiger partial charge in [-0.15, -0.1) is 0 Å². The number of thioether (sulfide) groups is 1. The molecular formula is C7H14O2S. The zero-order valence-electron chi connectivity index (χ0n) is 6.16. The first-order valence-corrected chi connectivity index (χ1v) is 4.59. The normalized spacial score (nSPS) is 33.9. The van der Waals surface area contributed by atoms with E-state index in [1.807, 2.05) is 6.92 Å². The first kappa shape index (κ1) is 8.37. The maximum atomic E-state index is 8.69. The number of rotatable bonds is 4. The molecule has 1 aliphatic rings. The van der Waals surface area contributed by atoms with Gasteiger partial charge in [0, 0.05) is 17.1 Å². The van der Waals surface area contributed by atoms with Gasteiger partial charge in [0.2, 0.25) is 0 Å². The lowest BCUT2D eigenvalue weighted by Gasteiger charge is -2.05. The summed E-state index contributed by atoms with van der Waals surface area (Å²) < 4.78 is 0. The van der Waals surface area contributed by atoms with Gasteiger partial charge in [0.1, 0.15) is 0 Å². The minimum Gasteiger partial charge on any atom is -0.396 e. The van der Waals surface area contributed by atoms with Crippen LogP contribution >= 0.6 is 11.8 Å². The molecule has 60 valence electrons. The molecule has 0 aromatic heterocycles. The van der Waals surface area contributed by atoms with Crippen molar-refractivity contribution >= 4 is 11.8 Å². The Hall–Kier alpha value is 0.270. The molecule has 0 amide bonds. The average Bonchev–Trinajstić information content (AvgIpc) is 2.67. The van der Waals surface area contributed by atoms with Crippen molar-refractivity contribution in [2.75, 3.05) is 13.2 Å². The molecule has 0 heterocycles. The number of hydrogen-bond acceptors (Lipinski definition) is 3. The van der Waals surface area contributed by atoms with E-state index in [9.17, 15) is 0 Å². The molecule has 0 spiro atoms. The van der Waals surface area contributed by atoms with E-state index in [1.165, 1.54) is 0 Å². The van der Waals surface area contributed by atoms with E-state index < -0.39 is 0 Å². The van der Waals surface area contributed by atoms with Crippen LogP contribution in [-0.4, -0.2) is 33.9 Å². The SMILES string of the molecule is CC(CO)SC1CC1CO. The summed E-state index contributed by atoms with van der Waals surface area (Å²) in [6.07, 6.45) is 1.13. The van der Waals surface area contributed by atoms with Gasteiger partial charge in [0.25, 0.3) is 0 Å². The van der Waals surface area contributed by atoms with Crippen molar-refractivity contribution in [3.8, 4) is 0 Å².